The molecule has 0 heterocycles. The van der Waals surface area contributed by atoms with Crippen molar-refractivity contribution in [1.29, 1.82) is 0 Å². The van der Waals surface area contributed by atoms with Gasteiger partial charge in [0.1, 0.15) is 0 Å². The maximum atomic E-state index is 11.8. The van der Waals surface area contributed by atoms with Gasteiger partial charge in [-0.15, -0.1) is 0 Å². The fourth-order valence-electron chi connectivity index (χ4n) is 1.54. The number of amides is 2. The topological polar surface area (TPSA) is 95.5 Å². The third-order valence-corrected chi connectivity index (χ3v) is 3.26. The predicted octanol–water partition coefficient (Wildman–Crippen LogP) is 1.30. The van der Waals surface area contributed by atoms with Crippen LogP contribution in [-0.2, 0) is 9.59 Å². The molecule has 0 radical (unpaired) electrons. The minimum Gasteiger partial charge on any atom is -0.481 e. The highest BCUT2D eigenvalue weighted by atomic mass is 35.5. The molecule has 2 unspecified atom stereocenters. The molecule has 1 aromatic carbocycles. The van der Waals surface area contributed by atoms with E-state index in [1.54, 1.807) is 25.1 Å². The Morgan fingerprint density at radius 2 is 1.95 bits per heavy atom. The van der Waals surface area contributed by atoms with Gasteiger partial charge in [-0.25, -0.2) is 0 Å². The average Bonchev–Trinajstić information content (AvgIpc) is 2.43. The molecule has 0 bridgehead atoms. The van der Waals surface area contributed by atoms with Crippen molar-refractivity contribution in [2.24, 2.45) is 5.92 Å². The Bertz CT molecular complexity index is 548. The Kier molecular flexibility index (Phi) is 6.17. The van der Waals surface area contributed by atoms with Crippen LogP contribution in [0.2, 0.25) is 5.02 Å². The number of benzene rings is 1. The Morgan fingerprint density at radius 3 is 2.52 bits per heavy atom. The molecule has 21 heavy (non-hydrogen) atoms. The van der Waals surface area contributed by atoms with Gasteiger partial charge in [-0.2, -0.15) is 0 Å². The Morgan fingerprint density at radius 1 is 1.29 bits per heavy atom. The lowest BCUT2D eigenvalue weighted by atomic mass is 10.0. The fraction of sp³-hybridized carbons (Fsp3) is 0.357. The summed E-state index contributed by atoms with van der Waals surface area (Å²) in [6.45, 7) is 2.86. The normalized spacial score (nSPS) is 13.1. The number of halogens is 1. The van der Waals surface area contributed by atoms with Crippen molar-refractivity contribution in [3.05, 3.63) is 34.9 Å². The van der Waals surface area contributed by atoms with Gasteiger partial charge in [0.15, 0.2) is 0 Å². The van der Waals surface area contributed by atoms with E-state index >= 15 is 0 Å². The number of nitrogens with one attached hydrogen (secondary N) is 2. The number of aliphatic carboxylic acids is 1. The first kappa shape index (κ1) is 17.0. The van der Waals surface area contributed by atoms with E-state index in [-0.39, 0.29) is 6.54 Å². The van der Waals surface area contributed by atoms with Crippen molar-refractivity contribution in [2.75, 3.05) is 6.54 Å². The van der Waals surface area contributed by atoms with Crippen LogP contribution in [0.25, 0.3) is 0 Å². The van der Waals surface area contributed by atoms with Crippen LogP contribution in [-0.4, -0.2) is 35.5 Å². The van der Waals surface area contributed by atoms with Gasteiger partial charge in [0.05, 0.1) is 12.5 Å². The summed E-state index contributed by atoms with van der Waals surface area (Å²) in [6, 6.07) is 5.81. The maximum Gasteiger partial charge on any atom is 0.308 e. The molecule has 6 nitrogen and oxygen atoms in total. The van der Waals surface area contributed by atoms with Crippen LogP contribution < -0.4 is 10.6 Å². The number of carboxylic acids is 1. The van der Waals surface area contributed by atoms with Crippen molar-refractivity contribution in [3.8, 4) is 0 Å². The van der Waals surface area contributed by atoms with Gasteiger partial charge < -0.3 is 15.7 Å². The molecule has 0 aromatic heterocycles. The molecular formula is C14H17ClN2O4. The zero-order valence-electron chi connectivity index (χ0n) is 11.7. The second-order valence-corrected chi connectivity index (χ2v) is 5.11. The molecule has 0 fully saturated rings. The van der Waals surface area contributed by atoms with Gasteiger partial charge in [-0.3, -0.25) is 14.4 Å². The Balaban J connectivity index is 2.46. The summed E-state index contributed by atoms with van der Waals surface area (Å²) >= 11 is 5.77. The summed E-state index contributed by atoms with van der Waals surface area (Å²) in [4.78, 5) is 34.2. The minimum atomic E-state index is -0.995. The van der Waals surface area contributed by atoms with E-state index < -0.39 is 29.7 Å². The summed E-state index contributed by atoms with van der Waals surface area (Å²) in [5.74, 6) is -2.58. The van der Waals surface area contributed by atoms with Crippen molar-refractivity contribution in [3.63, 3.8) is 0 Å². The van der Waals surface area contributed by atoms with Gasteiger partial charge >= 0.3 is 5.97 Å². The van der Waals surface area contributed by atoms with Crippen molar-refractivity contribution in [2.45, 2.75) is 19.9 Å². The zero-order valence-corrected chi connectivity index (χ0v) is 12.5. The molecule has 0 aliphatic heterocycles. The van der Waals surface area contributed by atoms with E-state index in [9.17, 15) is 14.4 Å². The molecule has 0 aliphatic rings. The van der Waals surface area contributed by atoms with E-state index in [1.165, 1.54) is 13.0 Å². The number of hydrogen-bond acceptors (Lipinski definition) is 3. The molecule has 0 spiro atoms. The average molecular weight is 313 g/mol. The quantitative estimate of drug-likeness (QED) is 0.737. The van der Waals surface area contributed by atoms with Gasteiger partial charge in [-0.1, -0.05) is 17.7 Å². The van der Waals surface area contributed by atoms with Gasteiger partial charge in [0.25, 0.3) is 5.91 Å². The van der Waals surface area contributed by atoms with E-state index in [1.807, 2.05) is 0 Å². The number of carbonyl (C=O) groups is 3. The SMILES string of the molecule is CC(NC(=O)CNC(=O)c1cccc(Cl)c1)C(C)C(=O)O. The lowest BCUT2D eigenvalue weighted by molar-refractivity contribution is -0.142. The molecule has 1 aromatic rings. The molecule has 3 N–H and O–H groups in total. The van der Waals surface area contributed by atoms with E-state index in [0.717, 1.165) is 0 Å². The van der Waals surface area contributed by atoms with Crippen LogP contribution in [0.15, 0.2) is 24.3 Å². The van der Waals surface area contributed by atoms with Gasteiger partial charge in [0, 0.05) is 16.6 Å². The van der Waals surface area contributed by atoms with Crippen LogP contribution in [0.3, 0.4) is 0 Å². The Labute approximate surface area is 127 Å². The highest BCUT2D eigenvalue weighted by molar-refractivity contribution is 6.30. The van der Waals surface area contributed by atoms with Crippen LogP contribution in [0.1, 0.15) is 24.2 Å². The van der Waals surface area contributed by atoms with Gasteiger partial charge in [0.2, 0.25) is 5.91 Å². The highest BCUT2D eigenvalue weighted by Gasteiger charge is 2.21. The predicted molar refractivity (Wildman–Crippen MR) is 78.2 cm³/mol. The summed E-state index contributed by atoms with van der Waals surface area (Å²) in [6.07, 6.45) is 0. The minimum absolute atomic E-state index is 0.234. The third-order valence-electron chi connectivity index (χ3n) is 3.02. The monoisotopic (exact) mass is 312 g/mol. The molecule has 2 amide bonds. The van der Waals surface area contributed by atoms with Crippen molar-refractivity contribution >= 4 is 29.4 Å². The van der Waals surface area contributed by atoms with Crippen molar-refractivity contribution in [1.82, 2.24) is 10.6 Å². The summed E-state index contributed by atoms with van der Waals surface area (Å²) < 4.78 is 0. The molecule has 0 aliphatic carbocycles. The lowest BCUT2D eigenvalue weighted by Crippen LogP contribution is -2.44. The van der Waals surface area contributed by atoms with Crippen LogP contribution in [0.4, 0.5) is 0 Å². The number of carboxylic acid groups (broad SMARTS) is 1. The second kappa shape index (κ2) is 7.64. The van der Waals surface area contributed by atoms with Crippen molar-refractivity contribution < 1.29 is 19.5 Å². The number of rotatable bonds is 6. The molecule has 114 valence electrons. The molecule has 0 saturated carbocycles. The van der Waals surface area contributed by atoms with E-state index in [0.29, 0.717) is 10.6 Å². The third kappa shape index (κ3) is 5.43. The second-order valence-electron chi connectivity index (χ2n) is 4.68. The highest BCUT2D eigenvalue weighted by Crippen LogP contribution is 2.10. The first-order valence-electron chi connectivity index (χ1n) is 6.37. The smallest absolute Gasteiger partial charge is 0.308 e. The zero-order chi connectivity index (χ0) is 16.0. The molecule has 7 heteroatoms. The summed E-state index contributed by atoms with van der Waals surface area (Å²) in [5.41, 5.74) is 0.349. The number of carbonyl (C=O) groups excluding carboxylic acids is 2. The molecular weight excluding hydrogens is 296 g/mol. The lowest BCUT2D eigenvalue weighted by Gasteiger charge is -2.17. The fourth-order valence-corrected chi connectivity index (χ4v) is 1.73. The first-order valence-corrected chi connectivity index (χ1v) is 6.75. The van der Waals surface area contributed by atoms with Gasteiger partial charge in [-0.05, 0) is 32.0 Å². The van der Waals surface area contributed by atoms with E-state index in [2.05, 4.69) is 10.6 Å². The van der Waals surface area contributed by atoms with E-state index in [4.69, 9.17) is 16.7 Å². The van der Waals surface area contributed by atoms with Crippen LogP contribution >= 0.6 is 11.6 Å². The first-order chi connectivity index (χ1) is 9.81. The Hall–Kier alpha value is -2.08. The maximum absolute atomic E-state index is 11.8. The largest absolute Gasteiger partial charge is 0.481 e. The standard InChI is InChI=1S/C14H17ClN2O4/c1-8(14(20)21)9(2)17-12(18)7-16-13(19)10-4-3-5-11(15)6-10/h3-6,8-9H,7H2,1-2H3,(H,16,19)(H,17,18)(H,20,21). The van der Waals surface area contributed by atoms with Crippen LogP contribution in [0, 0.1) is 5.92 Å². The molecule has 2 atom stereocenters. The molecule has 0 saturated heterocycles. The summed E-state index contributed by atoms with van der Waals surface area (Å²) in [5, 5.41) is 14.2. The number of hydrogen-bond donors (Lipinski definition) is 3. The van der Waals surface area contributed by atoms with Crippen LogP contribution in [0.5, 0.6) is 0 Å². The summed E-state index contributed by atoms with van der Waals surface area (Å²) in [7, 11) is 0. The molecule has 1 rings (SSSR count).